The van der Waals surface area contributed by atoms with E-state index in [4.69, 9.17) is 0 Å². The Bertz CT molecular complexity index is 1210. The lowest BCUT2D eigenvalue weighted by Crippen LogP contribution is -2.49. The van der Waals surface area contributed by atoms with E-state index in [0.29, 0.717) is 5.56 Å². The van der Waals surface area contributed by atoms with Crippen LogP contribution in [0.25, 0.3) is 22.2 Å². The van der Waals surface area contributed by atoms with E-state index in [9.17, 15) is 4.79 Å². The van der Waals surface area contributed by atoms with E-state index < -0.39 is 0 Å². The highest BCUT2D eigenvalue weighted by Crippen LogP contribution is 2.46. The van der Waals surface area contributed by atoms with Crippen molar-refractivity contribution in [3.05, 3.63) is 89.7 Å². The topological polar surface area (TPSA) is 52.2 Å². The van der Waals surface area contributed by atoms with Crippen LogP contribution in [0.2, 0.25) is 0 Å². The summed E-state index contributed by atoms with van der Waals surface area (Å²) in [4.78, 5) is 25.1. The largest absolute Gasteiger partial charge is 0.345 e. The summed E-state index contributed by atoms with van der Waals surface area (Å²) in [5, 5.41) is 0. The summed E-state index contributed by atoms with van der Waals surface area (Å²) in [6.45, 7) is 3.16. The number of rotatable bonds is 2. The molecule has 2 aliphatic rings. The molecule has 1 amide bonds. The van der Waals surface area contributed by atoms with Crippen molar-refractivity contribution >= 4 is 16.9 Å². The molecule has 1 N–H and O–H groups in total. The minimum Gasteiger partial charge on any atom is -0.345 e. The normalized spacial score (nSPS) is 16.6. The van der Waals surface area contributed by atoms with Gasteiger partial charge in [0.1, 0.15) is 5.52 Å². The number of H-pyrrole nitrogens is 1. The summed E-state index contributed by atoms with van der Waals surface area (Å²) in [6, 6.07) is 23.4. The number of aromatic nitrogens is 2. The van der Waals surface area contributed by atoms with Gasteiger partial charge in [-0.25, -0.2) is 4.98 Å². The molecular weight excluding hydrogens is 372 g/mol. The van der Waals surface area contributed by atoms with Gasteiger partial charge in [0.2, 0.25) is 0 Å². The van der Waals surface area contributed by atoms with Crippen molar-refractivity contribution in [2.75, 3.05) is 26.2 Å². The summed E-state index contributed by atoms with van der Waals surface area (Å²) in [5.41, 5.74) is 7.75. The zero-order valence-electron chi connectivity index (χ0n) is 16.6. The van der Waals surface area contributed by atoms with Crippen molar-refractivity contribution in [2.24, 2.45) is 0 Å². The number of imidazole rings is 1. The molecule has 1 aliphatic heterocycles. The lowest BCUT2D eigenvalue weighted by molar-refractivity contribution is 0.0601. The van der Waals surface area contributed by atoms with Gasteiger partial charge in [0.25, 0.3) is 5.91 Å². The maximum Gasteiger partial charge on any atom is 0.256 e. The molecule has 0 bridgehead atoms. The number of para-hydroxylation sites is 1. The number of carbonyl (C=O) groups is 1. The molecule has 0 spiro atoms. The highest BCUT2D eigenvalue weighted by Gasteiger charge is 2.35. The number of carbonyl (C=O) groups excluding carboxylic acids is 1. The molecule has 1 fully saturated rings. The number of benzene rings is 3. The first kappa shape index (κ1) is 17.4. The van der Waals surface area contributed by atoms with E-state index in [2.05, 4.69) is 63.4 Å². The SMILES string of the molecule is O=C(c1cccc2[nH]cnc12)N1CCN(C2c3ccccc3-c3ccccc32)CC1. The number of hydrogen-bond acceptors (Lipinski definition) is 3. The smallest absolute Gasteiger partial charge is 0.256 e. The Morgan fingerprint density at radius 1 is 0.833 bits per heavy atom. The first-order valence-electron chi connectivity index (χ1n) is 10.4. The summed E-state index contributed by atoms with van der Waals surface area (Å²) in [7, 11) is 0. The molecule has 3 aromatic carbocycles. The Morgan fingerprint density at radius 3 is 2.20 bits per heavy atom. The third-order valence-electron chi connectivity index (χ3n) is 6.45. The van der Waals surface area contributed by atoms with Crippen LogP contribution in [0, 0.1) is 0 Å². The van der Waals surface area contributed by atoms with Crippen LogP contribution in [0.4, 0.5) is 0 Å². The third-order valence-corrected chi connectivity index (χ3v) is 6.45. The van der Waals surface area contributed by atoms with Gasteiger partial charge in [-0.2, -0.15) is 0 Å². The van der Waals surface area contributed by atoms with E-state index in [-0.39, 0.29) is 11.9 Å². The van der Waals surface area contributed by atoms with Gasteiger partial charge < -0.3 is 9.88 Å². The van der Waals surface area contributed by atoms with E-state index >= 15 is 0 Å². The molecule has 0 atom stereocenters. The highest BCUT2D eigenvalue weighted by molar-refractivity contribution is 6.04. The van der Waals surface area contributed by atoms with Gasteiger partial charge in [-0.3, -0.25) is 9.69 Å². The van der Waals surface area contributed by atoms with Gasteiger partial charge in [0.15, 0.2) is 0 Å². The van der Waals surface area contributed by atoms with Crippen LogP contribution in [0.5, 0.6) is 0 Å². The predicted octanol–water partition coefficient (Wildman–Crippen LogP) is 4.09. The minimum absolute atomic E-state index is 0.0690. The number of nitrogens with zero attached hydrogens (tertiary/aromatic N) is 3. The van der Waals surface area contributed by atoms with Gasteiger partial charge in [-0.15, -0.1) is 0 Å². The quantitative estimate of drug-likeness (QED) is 0.557. The summed E-state index contributed by atoms with van der Waals surface area (Å²) in [6.07, 6.45) is 1.65. The summed E-state index contributed by atoms with van der Waals surface area (Å²) < 4.78 is 0. The molecule has 148 valence electrons. The average molecular weight is 394 g/mol. The standard InChI is InChI=1S/C25H22N4O/c30-25(21-10-5-11-22-23(21)27-16-26-22)29-14-12-28(13-15-29)24-19-8-3-1-6-17(19)18-7-2-4-9-20(18)24/h1-11,16,24H,12-15H2,(H,26,27). The van der Waals surface area contributed by atoms with Gasteiger partial charge >= 0.3 is 0 Å². The number of hydrogen-bond donors (Lipinski definition) is 1. The van der Waals surface area contributed by atoms with Crippen LogP contribution in [0.15, 0.2) is 73.1 Å². The molecule has 1 saturated heterocycles. The van der Waals surface area contributed by atoms with Gasteiger partial charge in [-0.05, 0) is 34.4 Å². The lowest BCUT2D eigenvalue weighted by Gasteiger charge is -2.38. The lowest BCUT2D eigenvalue weighted by atomic mass is 10.0. The number of fused-ring (bicyclic) bond motifs is 4. The maximum absolute atomic E-state index is 13.2. The summed E-state index contributed by atoms with van der Waals surface area (Å²) >= 11 is 0. The average Bonchev–Trinajstić information content (AvgIpc) is 3.41. The van der Waals surface area contributed by atoms with Gasteiger partial charge in [0.05, 0.1) is 23.4 Å². The monoisotopic (exact) mass is 394 g/mol. The molecule has 6 rings (SSSR count). The van der Waals surface area contributed by atoms with Crippen molar-refractivity contribution in [1.82, 2.24) is 19.8 Å². The molecule has 5 nitrogen and oxygen atoms in total. The first-order chi connectivity index (χ1) is 14.8. The van der Waals surface area contributed by atoms with Crippen molar-refractivity contribution in [1.29, 1.82) is 0 Å². The zero-order chi connectivity index (χ0) is 20.1. The number of amides is 1. The second-order valence-corrected chi connectivity index (χ2v) is 8.01. The van der Waals surface area contributed by atoms with Gasteiger partial charge in [-0.1, -0.05) is 54.6 Å². The molecule has 0 radical (unpaired) electrons. The van der Waals surface area contributed by atoms with Gasteiger partial charge in [0, 0.05) is 26.2 Å². The van der Waals surface area contributed by atoms with Crippen LogP contribution < -0.4 is 0 Å². The fourth-order valence-corrected chi connectivity index (χ4v) is 5.01. The second kappa shape index (κ2) is 6.82. The Labute approximate surface area is 175 Å². The molecule has 1 aromatic heterocycles. The molecule has 0 saturated carbocycles. The first-order valence-corrected chi connectivity index (χ1v) is 10.4. The third kappa shape index (κ3) is 2.59. The minimum atomic E-state index is 0.0690. The van der Waals surface area contributed by atoms with Crippen molar-refractivity contribution in [3.63, 3.8) is 0 Å². The second-order valence-electron chi connectivity index (χ2n) is 8.01. The van der Waals surface area contributed by atoms with Crippen molar-refractivity contribution in [2.45, 2.75) is 6.04 Å². The van der Waals surface area contributed by atoms with Crippen LogP contribution in [0.3, 0.4) is 0 Å². The molecule has 2 heterocycles. The molecular formula is C25H22N4O. The number of aromatic amines is 1. The molecule has 0 unspecified atom stereocenters. The molecule has 30 heavy (non-hydrogen) atoms. The Morgan fingerprint density at radius 2 is 1.50 bits per heavy atom. The summed E-state index contributed by atoms with van der Waals surface area (Å²) in [5.74, 6) is 0.0690. The Kier molecular flexibility index (Phi) is 3.96. The van der Waals surface area contributed by atoms with Crippen LogP contribution in [-0.2, 0) is 0 Å². The fraction of sp³-hybridized carbons (Fsp3) is 0.200. The Hall–Kier alpha value is -3.44. The molecule has 1 aliphatic carbocycles. The number of piperazine rings is 1. The van der Waals surface area contributed by atoms with E-state index in [0.717, 1.165) is 37.2 Å². The van der Waals surface area contributed by atoms with Crippen molar-refractivity contribution < 1.29 is 4.79 Å². The van der Waals surface area contributed by atoms with Crippen LogP contribution in [-0.4, -0.2) is 51.9 Å². The molecule has 5 heteroatoms. The van der Waals surface area contributed by atoms with Crippen molar-refractivity contribution in [3.8, 4) is 11.1 Å². The van der Waals surface area contributed by atoms with Crippen LogP contribution >= 0.6 is 0 Å². The van der Waals surface area contributed by atoms with Crippen LogP contribution in [0.1, 0.15) is 27.5 Å². The number of nitrogens with one attached hydrogen (secondary N) is 1. The van der Waals surface area contributed by atoms with E-state index in [1.165, 1.54) is 22.3 Å². The maximum atomic E-state index is 13.2. The fourth-order valence-electron chi connectivity index (χ4n) is 5.01. The predicted molar refractivity (Wildman–Crippen MR) is 117 cm³/mol. The Balaban J connectivity index is 1.25. The highest BCUT2D eigenvalue weighted by atomic mass is 16.2. The van der Waals surface area contributed by atoms with E-state index in [1.54, 1.807) is 6.33 Å². The van der Waals surface area contributed by atoms with E-state index in [1.807, 2.05) is 23.1 Å². The zero-order valence-corrected chi connectivity index (χ0v) is 16.6. The molecule has 4 aromatic rings.